The summed E-state index contributed by atoms with van der Waals surface area (Å²) in [6.45, 7) is 0.884. The number of hydrogen-bond donors (Lipinski definition) is 2. The third-order valence-corrected chi connectivity index (χ3v) is 3.98. The number of benzene rings is 1. The number of carbonyl (C=O) groups is 1. The SMILES string of the molecule is Cl.O=C(NCCNC1CCCCCC1)c1ccc(F)c(F)c1F. The van der Waals surface area contributed by atoms with Crippen molar-refractivity contribution in [2.24, 2.45) is 0 Å². The molecule has 1 saturated carbocycles. The summed E-state index contributed by atoms with van der Waals surface area (Å²) in [5.74, 6) is -5.11. The van der Waals surface area contributed by atoms with Crippen molar-refractivity contribution < 1.29 is 18.0 Å². The molecule has 1 aromatic carbocycles. The van der Waals surface area contributed by atoms with Crippen molar-refractivity contribution in [1.82, 2.24) is 10.6 Å². The Hall–Kier alpha value is -1.27. The van der Waals surface area contributed by atoms with Crippen LogP contribution in [0.15, 0.2) is 12.1 Å². The maximum Gasteiger partial charge on any atom is 0.254 e. The predicted octanol–water partition coefficient (Wildman–Crippen LogP) is 3.57. The number of carbonyl (C=O) groups excluding carboxylic acids is 1. The van der Waals surface area contributed by atoms with Crippen LogP contribution in [0, 0.1) is 17.5 Å². The van der Waals surface area contributed by atoms with E-state index in [1.54, 1.807) is 0 Å². The second-order valence-electron chi connectivity index (χ2n) is 5.62. The first-order valence-corrected chi connectivity index (χ1v) is 7.74. The van der Waals surface area contributed by atoms with Gasteiger partial charge in [-0.2, -0.15) is 0 Å². The van der Waals surface area contributed by atoms with E-state index >= 15 is 0 Å². The van der Waals surface area contributed by atoms with Crippen molar-refractivity contribution in [1.29, 1.82) is 0 Å². The molecular formula is C16H22ClF3N2O. The summed E-state index contributed by atoms with van der Waals surface area (Å²) in [7, 11) is 0. The molecule has 23 heavy (non-hydrogen) atoms. The maximum absolute atomic E-state index is 13.5. The van der Waals surface area contributed by atoms with Gasteiger partial charge in [-0.15, -0.1) is 12.4 Å². The fraction of sp³-hybridized carbons (Fsp3) is 0.562. The molecular weight excluding hydrogens is 329 g/mol. The van der Waals surface area contributed by atoms with E-state index in [1.807, 2.05) is 0 Å². The van der Waals surface area contributed by atoms with Gasteiger partial charge in [0.15, 0.2) is 17.5 Å². The topological polar surface area (TPSA) is 41.1 Å². The van der Waals surface area contributed by atoms with E-state index in [0.717, 1.165) is 25.0 Å². The quantitative estimate of drug-likeness (QED) is 0.484. The highest BCUT2D eigenvalue weighted by atomic mass is 35.5. The first-order chi connectivity index (χ1) is 10.6. The Kier molecular flexibility index (Phi) is 8.41. The lowest BCUT2D eigenvalue weighted by atomic mass is 10.1. The Morgan fingerprint density at radius 3 is 2.30 bits per heavy atom. The Morgan fingerprint density at radius 1 is 1.00 bits per heavy atom. The molecule has 1 aliphatic rings. The summed E-state index contributed by atoms with van der Waals surface area (Å²) >= 11 is 0. The van der Waals surface area contributed by atoms with Crippen LogP contribution >= 0.6 is 12.4 Å². The van der Waals surface area contributed by atoms with Crippen molar-refractivity contribution in [3.63, 3.8) is 0 Å². The van der Waals surface area contributed by atoms with Crippen LogP contribution in [-0.2, 0) is 0 Å². The summed E-state index contributed by atoms with van der Waals surface area (Å²) in [5, 5.41) is 5.87. The minimum atomic E-state index is -1.62. The molecule has 0 heterocycles. The van der Waals surface area contributed by atoms with E-state index in [2.05, 4.69) is 10.6 Å². The monoisotopic (exact) mass is 350 g/mol. The summed E-state index contributed by atoms with van der Waals surface area (Å²) in [6, 6.07) is 2.15. The van der Waals surface area contributed by atoms with Crippen LogP contribution in [0.2, 0.25) is 0 Å². The molecule has 2 rings (SSSR count). The number of rotatable bonds is 5. The van der Waals surface area contributed by atoms with Crippen LogP contribution < -0.4 is 10.6 Å². The molecule has 0 saturated heterocycles. The van der Waals surface area contributed by atoms with E-state index in [1.165, 1.54) is 25.7 Å². The van der Waals surface area contributed by atoms with Gasteiger partial charge in [0.25, 0.3) is 5.91 Å². The molecule has 0 aliphatic heterocycles. The molecule has 7 heteroatoms. The van der Waals surface area contributed by atoms with Crippen molar-refractivity contribution >= 4 is 18.3 Å². The van der Waals surface area contributed by atoms with Crippen LogP contribution in [-0.4, -0.2) is 25.0 Å². The zero-order valence-corrected chi connectivity index (χ0v) is 13.7. The van der Waals surface area contributed by atoms with E-state index in [9.17, 15) is 18.0 Å². The lowest BCUT2D eigenvalue weighted by Gasteiger charge is -2.16. The Morgan fingerprint density at radius 2 is 1.65 bits per heavy atom. The Bertz CT molecular complexity index is 520. The molecule has 0 spiro atoms. The van der Waals surface area contributed by atoms with E-state index in [4.69, 9.17) is 0 Å². The smallest absolute Gasteiger partial charge is 0.254 e. The van der Waals surface area contributed by atoms with Gasteiger partial charge in [-0.1, -0.05) is 25.7 Å². The van der Waals surface area contributed by atoms with Gasteiger partial charge in [-0.3, -0.25) is 4.79 Å². The van der Waals surface area contributed by atoms with Crippen molar-refractivity contribution in [3.8, 4) is 0 Å². The van der Waals surface area contributed by atoms with Gasteiger partial charge < -0.3 is 10.6 Å². The molecule has 1 aromatic rings. The zero-order chi connectivity index (χ0) is 15.9. The molecule has 0 unspecified atom stereocenters. The van der Waals surface area contributed by atoms with Gasteiger partial charge in [-0.05, 0) is 25.0 Å². The van der Waals surface area contributed by atoms with Gasteiger partial charge >= 0.3 is 0 Å². The first-order valence-electron chi connectivity index (χ1n) is 7.74. The van der Waals surface area contributed by atoms with Crippen LogP contribution in [0.4, 0.5) is 13.2 Å². The molecule has 1 aliphatic carbocycles. The fourth-order valence-electron chi connectivity index (χ4n) is 2.73. The van der Waals surface area contributed by atoms with E-state index < -0.39 is 28.9 Å². The number of halogens is 4. The van der Waals surface area contributed by atoms with Gasteiger partial charge in [0.1, 0.15) is 0 Å². The van der Waals surface area contributed by atoms with Crippen LogP contribution in [0.5, 0.6) is 0 Å². The van der Waals surface area contributed by atoms with Gasteiger partial charge in [0.05, 0.1) is 5.56 Å². The molecule has 1 fully saturated rings. The molecule has 0 bridgehead atoms. The molecule has 0 radical (unpaired) electrons. The van der Waals surface area contributed by atoms with Crippen LogP contribution in [0.25, 0.3) is 0 Å². The third kappa shape index (κ3) is 5.70. The second kappa shape index (κ2) is 9.78. The number of nitrogens with one attached hydrogen (secondary N) is 2. The van der Waals surface area contributed by atoms with Crippen LogP contribution in [0.3, 0.4) is 0 Å². The number of amides is 1. The fourth-order valence-corrected chi connectivity index (χ4v) is 2.73. The highest BCUT2D eigenvalue weighted by Gasteiger charge is 2.18. The molecule has 3 nitrogen and oxygen atoms in total. The van der Waals surface area contributed by atoms with Crippen LogP contribution in [0.1, 0.15) is 48.9 Å². The predicted molar refractivity (Wildman–Crippen MR) is 85.4 cm³/mol. The summed E-state index contributed by atoms with van der Waals surface area (Å²) in [4.78, 5) is 11.8. The molecule has 2 N–H and O–H groups in total. The summed E-state index contributed by atoms with van der Waals surface area (Å²) in [6.07, 6.45) is 7.22. The normalized spacial score (nSPS) is 15.6. The minimum Gasteiger partial charge on any atom is -0.351 e. The summed E-state index contributed by atoms with van der Waals surface area (Å²) in [5.41, 5.74) is -0.478. The van der Waals surface area contributed by atoms with E-state index in [-0.39, 0.29) is 12.4 Å². The largest absolute Gasteiger partial charge is 0.351 e. The minimum absolute atomic E-state index is 0. The lowest BCUT2D eigenvalue weighted by Crippen LogP contribution is -2.37. The highest BCUT2D eigenvalue weighted by molar-refractivity contribution is 5.94. The average Bonchev–Trinajstić information content (AvgIpc) is 2.78. The molecule has 0 aromatic heterocycles. The van der Waals surface area contributed by atoms with Gasteiger partial charge in [0.2, 0.25) is 0 Å². The highest BCUT2D eigenvalue weighted by Crippen LogP contribution is 2.17. The summed E-state index contributed by atoms with van der Waals surface area (Å²) < 4.78 is 39.4. The third-order valence-electron chi connectivity index (χ3n) is 3.98. The molecule has 0 atom stereocenters. The number of hydrogen-bond acceptors (Lipinski definition) is 2. The van der Waals surface area contributed by atoms with Gasteiger partial charge in [-0.25, -0.2) is 13.2 Å². The Labute approximate surface area is 140 Å². The maximum atomic E-state index is 13.5. The van der Waals surface area contributed by atoms with Gasteiger partial charge in [0, 0.05) is 19.1 Å². The average molecular weight is 351 g/mol. The standard InChI is InChI=1S/C16H21F3N2O.ClH/c17-13-8-7-12(14(18)15(13)19)16(22)21-10-9-20-11-5-3-1-2-4-6-11;/h7-8,11,20H,1-6,9-10H2,(H,21,22);1H. The Balaban J connectivity index is 0.00000264. The van der Waals surface area contributed by atoms with Crippen molar-refractivity contribution in [2.45, 2.75) is 44.6 Å². The second-order valence-corrected chi connectivity index (χ2v) is 5.62. The van der Waals surface area contributed by atoms with E-state index in [0.29, 0.717) is 19.1 Å². The van der Waals surface area contributed by atoms with Crippen molar-refractivity contribution in [3.05, 3.63) is 35.1 Å². The zero-order valence-electron chi connectivity index (χ0n) is 12.8. The molecule has 130 valence electrons. The van der Waals surface area contributed by atoms with Crippen molar-refractivity contribution in [2.75, 3.05) is 13.1 Å². The molecule has 1 amide bonds. The lowest BCUT2D eigenvalue weighted by molar-refractivity contribution is 0.0948. The first kappa shape index (κ1) is 19.8.